The zero-order chi connectivity index (χ0) is 24.0. The fourth-order valence-electron chi connectivity index (χ4n) is 4.64. The third-order valence-corrected chi connectivity index (χ3v) is 6.30. The van der Waals surface area contributed by atoms with Crippen LogP contribution in [0.4, 0.5) is 0 Å². The minimum atomic E-state index is -0.0403. The Labute approximate surface area is 205 Å². The summed E-state index contributed by atoms with van der Waals surface area (Å²) in [5.41, 5.74) is 4.33. The molecule has 1 saturated heterocycles. The Bertz CT molecular complexity index is 1260. The predicted octanol–water partition coefficient (Wildman–Crippen LogP) is 3.09. The van der Waals surface area contributed by atoms with Crippen LogP contribution in [0.1, 0.15) is 21.7 Å². The number of benzene rings is 1. The molecule has 35 heavy (non-hydrogen) atoms. The van der Waals surface area contributed by atoms with Crippen molar-refractivity contribution in [3.05, 3.63) is 96.5 Å². The molecular weight excluding hydrogens is 438 g/mol. The van der Waals surface area contributed by atoms with Crippen molar-refractivity contribution in [2.45, 2.75) is 13.0 Å². The molecule has 0 aliphatic carbocycles. The van der Waals surface area contributed by atoms with E-state index in [4.69, 9.17) is 0 Å². The van der Waals surface area contributed by atoms with Crippen LogP contribution in [0.2, 0.25) is 0 Å². The maximum atomic E-state index is 13.6. The molecule has 1 atom stereocenters. The van der Waals surface area contributed by atoms with Crippen LogP contribution in [0.5, 0.6) is 0 Å². The minimum absolute atomic E-state index is 0.0403. The van der Waals surface area contributed by atoms with E-state index < -0.39 is 0 Å². The fourth-order valence-corrected chi connectivity index (χ4v) is 4.64. The van der Waals surface area contributed by atoms with E-state index in [1.807, 2.05) is 42.5 Å². The second kappa shape index (κ2) is 10.6. The van der Waals surface area contributed by atoms with Crippen LogP contribution in [-0.2, 0) is 20.0 Å². The van der Waals surface area contributed by atoms with Gasteiger partial charge in [0.2, 0.25) is 0 Å². The normalized spacial score (nSPS) is 16.7. The lowest BCUT2D eigenvalue weighted by atomic mass is 10.0. The number of aryl methyl sites for hydroxylation is 1. The van der Waals surface area contributed by atoms with Gasteiger partial charge in [-0.05, 0) is 30.0 Å². The van der Waals surface area contributed by atoms with E-state index in [0.717, 1.165) is 43.0 Å². The average molecular weight is 468 g/mol. The van der Waals surface area contributed by atoms with Gasteiger partial charge in [-0.25, -0.2) is 4.98 Å². The molecule has 0 saturated carbocycles. The highest BCUT2D eigenvalue weighted by atomic mass is 16.2. The number of hydrogen-bond donors (Lipinski definition) is 0. The Balaban J connectivity index is 1.36. The molecular formula is C27H29N7O. The summed E-state index contributed by atoms with van der Waals surface area (Å²) in [5, 5.41) is 4.23. The van der Waals surface area contributed by atoms with E-state index >= 15 is 0 Å². The van der Waals surface area contributed by atoms with Gasteiger partial charge in [0.25, 0.3) is 5.91 Å². The first-order chi connectivity index (χ1) is 17.1. The van der Waals surface area contributed by atoms with E-state index in [9.17, 15) is 4.79 Å². The standard InChI is InChI=1S/C27H29N7O/c1-32-20-23(15-30-32)25-8-5-9-26(31-25)27(35)34-13-12-33(17-21-6-3-2-4-7-21)18-22(19-34)14-24-16-28-10-11-29-24/h2-11,15-16,20,22H,12-14,17-19H2,1H3/t22-/m0/s1. The van der Waals surface area contributed by atoms with Gasteiger partial charge in [-0.15, -0.1) is 0 Å². The molecule has 178 valence electrons. The van der Waals surface area contributed by atoms with Crippen LogP contribution >= 0.6 is 0 Å². The van der Waals surface area contributed by atoms with Crippen LogP contribution < -0.4 is 0 Å². The topological polar surface area (TPSA) is 80.0 Å². The summed E-state index contributed by atoms with van der Waals surface area (Å²) < 4.78 is 1.73. The predicted molar refractivity (Wildman–Crippen MR) is 133 cm³/mol. The number of carbonyl (C=O) groups is 1. The Morgan fingerprint density at radius 2 is 1.89 bits per heavy atom. The van der Waals surface area contributed by atoms with Crippen LogP contribution in [-0.4, -0.2) is 66.6 Å². The number of nitrogens with zero attached hydrogens (tertiary/aromatic N) is 7. The first kappa shape index (κ1) is 22.9. The van der Waals surface area contributed by atoms with Crippen molar-refractivity contribution in [3.63, 3.8) is 0 Å². The molecule has 8 heteroatoms. The molecule has 0 N–H and O–H groups in total. The molecule has 1 fully saturated rings. The number of pyridine rings is 1. The van der Waals surface area contributed by atoms with Crippen LogP contribution in [0.3, 0.4) is 0 Å². The summed E-state index contributed by atoms with van der Waals surface area (Å²) in [5.74, 6) is 0.199. The first-order valence-corrected chi connectivity index (χ1v) is 11.9. The van der Waals surface area contributed by atoms with E-state index in [1.165, 1.54) is 5.56 Å². The van der Waals surface area contributed by atoms with Crippen molar-refractivity contribution in [1.29, 1.82) is 0 Å². The van der Waals surface area contributed by atoms with Gasteiger partial charge in [-0.3, -0.25) is 24.3 Å². The van der Waals surface area contributed by atoms with Crippen molar-refractivity contribution in [3.8, 4) is 11.3 Å². The molecule has 4 aromatic rings. The van der Waals surface area contributed by atoms with Crippen molar-refractivity contribution in [1.82, 2.24) is 34.5 Å². The summed E-state index contributed by atoms with van der Waals surface area (Å²) >= 11 is 0. The molecule has 1 aliphatic heterocycles. The van der Waals surface area contributed by atoms with Crippen molar-refractivity contribution in [2.24, 2.45) is 13.0 Å². The lowest BCUT2D eigenvalue weighted by Gasteiger charge is -2.24. The first-order valence-electron chi connectivity index (χ1n) is 11.9. The molecule has 0 unspecified atom stereocenters. The number of aromatic nitrogens is 5. The molecule has 3 aromatic heterocycles. The van der Waals surface area contributed by atoms with Crippen molar-refractivity contribution < 1.29 is 4.79 Å². The van der Waals surface area contributed by atoms with Crippen molar-refractivity contribution in [2.75, 3.05) is 26.2 Å². The SMILES string of the molecule is Cn1cc(-c2cccc(C(=O)N3CCN(Cc4ccccc4)C[C@H](Cc4cnccn4)C3)n2)cn1. The Kier molecular flexibility index (Phi) is 6.90. The lowest BCUT2D eigenvalue weighted by molar-refractivity contribution is 0.0740. The van der Waals surface area contributed by atoms with Crippen LogP contribution in [0, 0.1) is 5.92 Å². The van der Waals surface area contributed by atoms with Crippen molar-refractivity contribution >= 4 is 5.91 Å². The largest absolute Gasteiger partial charge is 0.336 e. The van der Waals surface area contributed by atoms with E-state index in [1.54, 1.807) is 29.3 Å². The zero-order valence-corrected chi connectivity index (χ0v) is 19.9. The monoisotopic (exact) mass is 467 g/mol. The Morgan fingerprint density at radius 1 is 1.00 bits per heavy atom. The molecule has 4 heterocycles. The summed E-state index contributed by atoms with van der Waals surface area (Å²) in [4.78, 5) is 31.4. The van der Waals surface area contributed by atoms with E-state index in [0.29, 0.717) is 18.8 Å². The third-order valence-electron chi connectivity index (χ3n) is 6.30. The number of rotatable bonds is 6. The van der Waals surface area contributed by atoms with Gasteiger partial charge in [0.1, 0.15) is 5.69 Å². The summed E-state index contributed by atoms with van der Waals surface area (Å²) in [6, 6.07) is 16.1. The molecule has 0 bridgehead atoms. The van der Waals surface area contributed by atoms with Gasteiger partial charge in [0.05, 0.1) is 17.6 Å². The van der Waals surface area contributed by atoms with E-state index in [-0.39, 0.29) is 11.8 Å². The fraction of sp³-hybridized carbons (Fsp3) is 0.296. The summed E-state index contributed by atoms with van der Waals surface area (Å²) in [6.45, 7) is 3.85. The van der Waals surface area contributed by atoms with Gasteiger partial charge in [-0.1, -0.05) is 36.4 Å². The molecule has 1 aliphatic rings. The number of hydrogen-bond acceptors (Lipinski definition) is 6. The Morgan fingerprint density at radius 3 is 2.66 bits per heavy atom. The second-order valence-electron chi connectivity index (χ2n) is 9.05. The number of amides is 1. The maximum absolute atomic E-state index is 13.6. The molecule has 8 nitrogen and oxygen atoms in total. The summed E-state index contributed by atoms with van der Waals surface area (Å²) in [7, 11) is 1.87. The summed E-state index contributed by atoms with van der Waals surface area (Å²) in [6.07, 6.45) is 9.67. The van der Waals surface area contributed by atoms with Gasteiger partial charge in [-0.2, -0.15) is 5.10 Å². The molecule has 0 radical (unpaired) electrons. The van der Waals surface area contributed by atoms with E-state index in [2.05, 4.69) is 49.2 Å². The molecule has 1 amide bonds. The second-order valence-corrected chi connectivity index (χ2v) is 9.05. The average Bonchev–Trinajstić information content (AvgIpc) is 3.23. The number of carbonyl (C=O) groups excluding carboxylic acids is 1. The van der Waals surface area contributed by atoms with Crippen LogP contribution in [0.15, 0.2) is 79.5 Å². The lowest BCUT2D eigenvalue weighted by Crippen LogP contribution is -2.37. The van der Waals surface area contributed by atoms with Gasteiger partial charge in [0, 0.05) is 70.1 Å². The highest BCUT2D eigenvalue weighted by molar-refractivity contribution is 5.93. The quantitative estimate of drug-likeness (QED) is 0.434. The van der Waals surface area contributed by atoms with Gasteiger partial charge >= 0.3 is 0 Å². The molecule has 5 rings (SSSR count). The maximum Gasteiger partial charge on any atom is 0.272 e. The highest BCUT2D eigenvalue weighted by Gasteiger charge is 2.28. The highest BCUT2D eigenvalue weighted by Crippen LogP contribution is 2.20. The van der Waals surface area contributed by atoms with Gasteiger partial charge in [0.15, 0.2) is 0 Å². The Hall–Kier alpha value is -3.91. The van der Waals surface area contributed by atoms with Crippen LogP contribution in [0.25, 0.3) is 11.3 Å². The third kappa shape index (κ3) is 5.78. The van der Waals surface area contributed by atoms with Gasteiger partial charge < -0.3 is 4.90 Å². The zero-order valence-electron chi connectivity index (χ0n) is 19.9. The molecule has 0 spiro atoms. The molecule has 1 aromatic carbocycles. The smallest absolute Gasteiger partial charge is 0.272 e. The minimum Gasteiger partial charge on any atom is -0.336 e.